The molecule has 0 atom stereocenters. The Labute approximate surface area is 170 Å². The topological polar surface area (TPSA) is 65.0 Å². The molecule has 148 valence electrons. The Bertz CT molecular complexity index is 569. The average Bonchev–Trinajstić information content (AvgIpc) is 2.97. The Balaban J connectivity index is 0.00000312. The van der Waals surface area contributed by atoms with Crippen molar-refractivity contribution in [3.8, 4) is 0 Å². The molecule has 2 rings (SSSR count). The number of hydrogen-bond acceptors (Lipinski definition) is 4. The molecule has 0 spiro atoms. The monoisotopic (exact) mass is 486 g/mol. The van der Waals surface area contributed by atoms with Crippen LogP contribution in [0.1, 0.15) is 46.5 Å². The Kier molecular flexibility index (Phi) is 8.02. The lowest BCUT2D eigenvalue weighted by atomic mass is 9.96. The predicted molar refractivity (Wildman–Crippen MR) is 116 cm³/mol. The molecule has 25 heavy (non-hydrogen) atoms. The summed E-state index contributed by atoms with van der Waals surface area (Å²) in [5.74, 6) is 1.05. The normalized spacial score (nSPS) is 24.9. The van der Waals surface area contributed by atoms with Gasteiger partial charge in [-0.1, -0.05) is 12.8 Å². The van der Waals surface area contributed by atoms with Gasteiger partial charge in [0, 0.05) is 25.2 Å². The second kappa shape index (κ2) is 8.73. The first kappa shape index (κ1) is 23.0. The summed E-state index contributed by atoms with van der Waals surface area (Å²) in [5, 5.41) is 3.36. The van der Waals surface area contributed by atoms with Crippen molar-refractivity contribution in [2.75, 3.05) is 46.0 Å². The first-order chi connectivity index (χ1) is 11.1. The highest BCUT2D eigenvalue weighted by atomic mass is 127. The fraction of sp³-hybridized carbons (Fsp3) is 0.941. The third-order valence-corrected chi connectivity index (χ3v) is 8.22. The predicted octanol–water partition coefficient (Wildman–Crippen LogP) is 1.95. The summed E-state index contributed by atoms with van der Waals surface area (Å²) < 4.78 is 23.8. The van der Waals surface area contributed by atoms with E-state index in [-0.39, 0.29) is 35.3 Å². The Morgan fingerprint density at radius 3 is 2.32 bits per heavy atom. The summed E-state index contributed by atoms with van der Waals surface area (Å²) in [4.78, 5) is 9.35. The zero-order valence-electron chi connectivity index (χ0n) is 16.3. The highest BCUT2D eigenvalue weighted by molar-refractivity contribution is 14.0. The first-order valence-corrected chi connectivity index (χ1v) is 10.7. The summed E-state index contributed by atoms with van der Waals surface area (Å²) in [6.07, 6.45) is 4.89. The van der Waals surface area contributed by atoms with Crippen LogP contribution in [0.5, 0.6) is 0 Å². The van der Waals surface area contributed by atoms with Gasteiger partial charge >= 0.3 is 0 Å². The van der Waals surface area contributed by atoms with Crippen LogP contribution in [0, 0.1) is 0 Å². The van der Waals surface area contributed by atoms with Crippen molar-refractivity contribution in [1.82, 2.24) is 15.1 Å². The van der Waals surface area contributed by atoms with Crippen molar-refractivity contribution >= 4 is 39.8 Å². The number of likely N-dealkylation sites (N-methyl/N-ethyl adjacent to an activating group) is 1. The van der Waals surface area contributed by atoms with Gasteiger partial charge in [-0.2, -0.15) is 0 Å². The summed E-state index contributed by atoms with van der Waals surface area (Å²) >= 11 is 0. The van der Waals surface area contributed by atoms with Crippen LogP contribution in [0.2, 0.25) is 0 Å². The second-order valence-electron chi connectivity index (χ2n) is 8.00. The van der Waals surface area contributed by atoms with Gasteiger partial charge in [-0.25, -0.2) is 8.42 Å². The van der Waals surface area contributed by atoms with E-state index in [1.165, 1.54) is 25.7 Å². The third-order valence-electron chi connectivity index (χ3n) is 5.68. The van der Waals surface area contributed by atoms with Crippen LogP contribution in [-0.4, -0.2) is 80.5 Å². The number of rotatable bonds is 4. The minimum Gasteiger partial charge on any atom is -0.357 e. The highest BCUT2D eigenvalue weighted by Crippen LogP contribution is 2.34. The lowest BCUT2D eigenvalue weighted by Gasteiger charge is -2.40. The molecular weight excluding hydrogens is 451 g/mol. The van der Waals surface area contributed by atoms with Crippen molar-refractivity contribution in [1.29, 1.82) is 0 Å². The van der Waals surface area contributed by atoms with Crippen LogP contribution in [0.25, 0.3) is 0 Å². The largest absolute Gasteiger partial charge is 0.357 e. The molecule has 0 aromatic carbocycles. The molecular formula is C17H35IN4O2S. The number of nitrogens with zero attached hydrogens (tertiary/aromatic N) is 3. The minimum atomic E-state index is -3.03. The van der Waals surface area contributed by atoms with Crippen LogP contribution < -0.4 is 5.32 Å². The van der Waals surface area contributed by atoms with Crippen LogP contribution in [0.3, 0.4) is 0 Å². The van der Waals surface area contributed by atoms with E-state index in [1.54, 1.807) is 0 Å². The first-order valence-electron chi connectivity index (χ1n) is 9.06. The maximum atomic E-state index is 12.2. The number of halogens is 1. The molecule has 1 aliphatic carbocycles. The number of nitrogens with one attached hydrogen (secondary N) is 1. The van der Waals surface area contributed by atoms with Gasteiger partial charge in [0.05, 0.1) is 17.0 Å². The van der Waals surface area contributed by atoms with E-state index in [4.69, 9.17) is 4.99 Å². The lowest BCUT2D eigenvalue weighted by molar-refractivity contribution is 0.166. The Morgan fingerprint density at radius 2 is 1.84 bits per heavy atom. The van der Waals surface area contributed by atoms with Gasteiger partial charge in [-0.15, -0.1) is 24.0 Å². The fourth-order valence-electron chi connectivity index (χ4n) is 3.75. The standard InChI is InChI=1S/C17H34N4O2S.HI/c1-6-18-15(19-13-17(20(4)5)9-7-8-10-17)21-11-12-24(22,23)16(2,3)14-21;/h6-14H2,1-5H3,(H,18,19);1H. The molecule has 0 radical (unpaired) electrons. The Hall–Kier alpha value is -0.0900. The molecule has 2 aliphatic rings. The van der Waals surface area contributed by atoms with Gasteiger partial charge in [0.2, 0.25) is 0 Å². The van der Waals surface area contributed by atoms with Gasteiger partial charge in [0.15, 0.2) is 15.8 Å². The smallest absolute Gasteiger partial charge is 0.194 e. The van der Waals surface area contributed by atoms with Gasteiger partial charge in [-0.05, 0) is 47.7 Å². The van der Waals surface area contributed by atoms with E-state index in [0.29, 0.717) is 13.1 Å². The summed E-state index contributed by atoms with van der Waals surface area (Å²) in [7, 11) is 1.26. The molecule has 0 aromatic rings. The minimum absolute atomic E-state index is 0. The van der Waals surface area contributed by atoms with E-state index in [1.807, 2.05) is 13.8 Å². The Morgan fingerprint density at radius 1 is 1.24 bits per heavy atom. The summed E-state index contributed by atoms with van der Waals surface area (Å²) in [6, 6.07) is 0. The van der Waals surface area contributed by atoms with Gasteiger partial charge in [0.25, 0.3) is 0 Å². The summed E-state index contributed by atoms with van der Waals surface area (Å²) in [6.45, 7) is 8.26. The van der Waals surface area contributed by atoms with Crippen molar-refractivity contribution in [3.05, 3.63) is 0 Å². The molecule has 1 N–H and O–H groups in total. The second-order valence-corrected chi connectivity index (χ2v) is 10.7. The van der Waals surface area contributed by atoms with Gasteiger partial charge in [-0.3, -0.25) is 4.99 Å². The number of aliphatic imine (C=N–C) groups is 1. The maximum Gasteiger partial charge on any atom is 0.194 e. The van der Waals surface area contributed by atoms with Crippen molar-refractivity contribution in [2.45, 2.75) is 56.7 Å². The van der Waals surface area contributed by atoms with Crippen LogP contribution in [0.4, 0.5) is 0 Å². The number of guanidine groups is 1. The molecule has 0 bridgehead atoms. The number of hydrogen-bond donors (Lipinski definition) is 1. The molecule has 6 nitrogen and oxygen atoms in total. The molecule has 0 aromatic heterocycles. The lowest BCUT2D eigenvalue weighted by Crippen LogP contribution is -2.57. The molecule has 1 saturated carbocycles. The number of sulfone groups is 1. The van der Waals surface area contributed by atoms with Crippen LogP contribution in [-0.2, 0) is 9.84 Å². The van der Waals surface area contributed by atoms with E-state index in [0.717, 1.165) is 19.0 Å². The molecule has 1 saturated heterocycles. The van der Waals surface area contributed by atoms with Crippen molar-refractivity contribution < 1.29 is 8.42 Å². The molecule has 1 aliphatic heterocycles. The van der Waals surface area contributed by atoms with E-state index >= 15 is 0 Å². The fourth-order valence-corrected chi connectivity index (χ4v) is 5.12. The molecule has 0 amide bonds. The van der Waals surface area contributed by atoms with Crippen LogP contribution >= 0.6 is 24.0 Å². The van der Waals surface area contributed by atoms with E-state index in [9.17, 15) is 8.42 Å². The zero-order chi connectivity index (χ0) is 18.0. The van der Waals surface area contributed by atoms with Gasteiger partial charge in [0.1, 0.15) is 0 Å². The van der Waals surface area contributed by atoms with Crippen LogP contribution in [0.15, 0.2) is 4.99 Å². The van der Waals surface area contributed by atoms with Gasteiger partial charge < -0.3 is 15.1 Å². The quantitative estimate of drug-likeness (QED) is 0.374. The maximum absolute atomic E-state index is 12.2. The summed E-state index contributed by atoms with van der Waals surface area (Å²) in [5.41, 5.74) is 0.151. The highest BCUT2D eigenvalue weighted by Gasteiger charge is 2.41. The van der Waals surface area contributed by atoms with Crippen molar-refractivity contribution in [3.63, 3.8) is 0 Å². The molecule has 1 heterocycles. The van der Waals surface area contributed by atoms with Crippen molar-refractivity contribution in [2.24, 2.45) is 4.99 Å². The average molecular weight is 486 g/mol. The SMILES string of the molecule is CCNC(=NCC1(N(C)C)CCCC1)N1CCS(=O)(=O)C(C)(C)C1.I. The van der Waals surface area contributed by atoms with E-state index in [2.05, 4.69) is 36.1 Å². The zero-order valence-corrected chi connectivity index (χ0v) is 19.5. The molecule has 0 unspecified atom stereocenters. The molecule has 8 heteroatoms. The van der Waals surface area contributed by atoms with E-state index < -0.39 is 14.6 Å². The third kappa shape index (κ3) is 5.00. The molecule has 2 fully saturated rings.